The molecule has 1 saturated heterocycles. The van der Waals surface area contributed by atoms with E-state index in [9.17, 15) is 0 Å². The van der Waals surface area contributed by atoms with Crippen molar-refractivity contribution in [2.75, 3.05) is 29.9 Å². The third kappa shape index (κ3) is 3.89. The van der Waals surface area contributed by atoms with Crippen LogP contribution in [0.3, 0.4) is 0 Å². The van der Waals surface area contributed by atoms with Crippen molar-refractivity contribution in [3.8, 4) is 0 Å². The number of hydrogen-bond donors (Lipinski definition) is 1. The summed E-state index contributed by atoms with van der Waals surface area (Å²) in [5, 5.41) is 4.18. The molecular weight excluding hydrogens is 296 g/mol. The molecule has 1 aliphatic heterocycles. The van der Waals surface area contributed by atoms with E-state index in [2.05, 4.69) is 32.3 Å². The maximum atomic E-state index is 6.01. The van der Waals surface area contributed by atoms with Crippen LogP contribution in [0.25, 0.3) is 0 Å². The van der Waals surface area contributed by atoms with Gasteiger partial charge in [-0.05, 0) is 43.9 Å². The number of benzene rings is 1. The molecule has 0 amide bonds. The van der Waals surface area contributed by atoms with Gasteiger partial charge in [0.05, 0.1) is 0 Å². The van der Waals surface area contributed by atoms with Crippen molar-refractivity contribution >= 4 is 23.2 Å². The molecule has 0 saturated carbocycles. The highest BCUT2D eigenvalue weighted by Crippen LogP contribution is 2.20. The number of anilines is 2. The standard InChI is InChI=1S/C17H21ClN4/c1-13-20-16(12-17(21-13)22-9-2-3-10-22)19-8-7-14-5-4-6-15(18)11-14/h4-6,11-12H,2-3,7-10H2,1H3,(H,19,20,21). The third-order valence-corrected chi connectivity index (χ3v) is 4.10. The number of rotatable bonds is 5. The highest BCUT2D eigenvalue weighted by Gasteiger charge is 2.14. The molecule has 22 heavy (non-hydrogen) atoms. The molecule has 0 unspecified atom stereocenters. The van der Waals surface area contributed by atoms with Crippen molar-refractivity contribution in [3.63, 3.8) is 0 Å². The molecule has 1 fully saturated rings. The summed E-state index contributed by atoms with van der Waals surface area (Å²) < 4.78 is 0. The third-order valence-electron chi connectivity index (χ3n) is 3.86. The van der Waals surface area contributed by atoms with Crippen LogP contribution in [0, 0.1) is 6.92 Å². The van der Waals surface area contributed by atoms with E-state index in [0.717, 1.165) is 48.5 Å². The van der Waals surface area contributed by atoms with Crippen LogP contribution in [0.2, 0.25) is 5.02 Å². The maximum absolute atomic E-state index is 6.01. The van der Waals surface area contributed by atoms with Crippen molar-refractivity contribution in [1.29, 1.82) is 0 Å². The number of hydrogen-bond acceptors (Lipinski definition) is 4. The second-order valence-corrected chi connectivity index (χ2v) is 6.10. The first-order valence-corrected chi connectivity index (χ1v) is 8.17. The highest BCUT2D eigenvalue weighted by molar-refractivity contribution is 6.30. The second-order valence-electron chi connectivity index (χ2n) is 5.66. The fourth-order valence-electron chi connectivity index (χ4n) is 2.78. The van der Waals surface area contributed by atoms with Crippen LogP contribution < -0.4 is 10.2 Å². The molecule has 0 bridgehead atoms. The Morgan fingerprint density at radius 3 is 2.77 bits per heavy atom. The SMILES string of the molecule is Cc1nc(NCCc2cccc(Cl)c2)cc(N2CCCC2)n1. The van der Waals surface area contributed by atoms with Gasteiger partial charge in [0.15, 0.2) is 0 Å². The lowest BCUT2D eigenvalue weighted by Gasteiger charge is -2.17. The van der Waals surface area contributed by atoms with E-state index in [0.29, 0.717) is 0 Å². The van der Waals surface area contributed by atoms with Crippen molar-refractivity contribution in [2.24, 2.45) is 0 Å². The summed E-state index contributed by atoms with van der Waals surface area (Å²) in [7, 11) is 0. The summed E-state index contributed by atoms with van der Waals surface area (Å²) >= 11 is 6.01. The first kappa shape index (κ1) is 15.1. The van der Waals surface area contributed by atoms with Crippen molar-refractivity contribution < 1.29 is 0 Å². The lowest BCUT2D eigenvalue weighted by molar-refractivity contribution is 0.905. The van der Waals surface area contributed by atoms with Crippen LogP contribution in [0.15, 0.2) is 30.3 Å². The summed E-state index contributed by atoms with van der Waals surface area (Å²) in [4.78, 5) is 11.4. The predicted molar refractivity (Wildman–Crippen MR) is 91.9 cm³/mol. The van der Waals surface area contributed by atoms with Gasteiger partial charge in [-0.2, -0.15) is 0 Å². The van der Waals surface area contributed by atoms with E-state index >= 15 is 0 Å². The van der Waals surface area contributed by atoms with Crippen molar-refractivity contribution in [1.82, 2.24) is 9.97 Å². The summed E-state index contributed by atoms with van der Waals surface area (Å²) in [5.74, 6) is 2.75. The molecule has 0 radical (unpaired) electrons. The Balaban J connectivity index is 1.62. The number of halogens is 1. The summed E-state index contributed by atoms with van der Waals surface area (Å²) in [6.07, 6.45) is 3.42. The topological polar surface area (TPSA) is 41.1 Å². The van der Waals surface area contributed by atoms with Crippen LogP contribution in [-0.2, 0) is 6.42 Å². The molecule has 1 aliphatic rings. The Morgan fingerprint density at radius 1 is 1.18 bits per heavy atom. The normalized spacial score (nSPS) is 14.4. The lowest BCUT2D eigenvalue weighted by Crippen LogP contribution is -2.20. The highest BCUT2D eigenvalue weighted by atomic mass is 35.5. The van der Waals surface area contributed by atoms with Gasteiger partial charge in [0.25, 0.3) is 0 Å². The van der Waals surface area contributed by atoms with Crippen LogP contribution in [-0.4, -0.2) is 29.6 Å². The molecule has 2 aromatic rings. The number of nitrogens with one attached hydrogen (secondary N) is 1. The quantitative estimate of drug-likeness (QED) is 0.913. The molecule has 116 valence electrons. The number of aryl methyl sites for hydroxylation is 1. The van der Waals surface area contributed by atoms with E-state index < -0.39 is 0 Å². The predicted octanol–water partition coefficient (Wildman–Crippen LogP) is 3.69. The molecule has 5 heteroatoms. The first-order chi connectivity index (χ1) is 10.7. The van der Waals surface area contributed by atoms with Gasteiger partial charge in [0, 0.05) is 30.7 Å². The molecule has 0 spiro atoms. The Hall–Kier alpha value is -1.81. The largest absolute Gasteiger partial charge is 0.370 e. The van der Waals surface area contributed by atoms with E-state index in [-0.39, 0.29) is 0 Å². The van der Waals surface area contributed by atoms with Gasteiger partial charge in [0.2, 0.25) is 0 Å². The maximum Gasteiger partial charge on any atom is 0.134 e. The summed E-state index contributed by atoms with van der Waals surface area (Å²) in [6.45, 7) is 4.97. The van der Waals surface area contributed by atoms with Gasteiger partial charge in [-0.15, -0.1) is 0 Å². The molecule has 3 rings (SSSR count). The Kier molecular flexibility index (Phi) is 4.78. The average molecular weight is 317 g/mol. The molecule has 0 atom stereocenters. The zero-order valence-electron chi connectivity index (χ0n) is 12.8. The zero-order chi connectivity index (χ0) is 15.4. The molecule has 1 aromatic carbocycles. The molecule has 0 aliphatic carbocycles. The molecule has 1 N–H and O–H groups in total. The minimum absolute atomic E-state index is 0.784. The van der Waals surface area contributed by atoms with Gasteiger partial charge in [-0.25, -0.2) is 9.97 Å². The van der Waals surface area contributed by atoms with Gasteiger partial charge in [-0.1, -0.05) is 23.7 Å². The van der Waals surface area contributed by atoms with E-state index in [1.807, 2.05) is 25.1 Å². The summed E-state index contributed by atoms with van der Waals surface area (Å²) in [5.41, 5.74) is 1.23. The van der Waals surface area contributed by atoms with E-state index in [1.54, 1.807) is 0 Å². The smallest absolute Gasteiger partial charge is 0.134 e. The van der Waals surface area contributed by atoms with Crippen molar-refractivity contribution in [2.45, 2.75) is 26.2 Å². The minimum Gasteiger partial charge on any atom is -0.370 e. The van der Waals surface area contributed by atoms with E-state index in [4.69, 9.17) is 11.6 Å². The van der Waals surface area contributed by atoms with Crippen LogP contribution in [0.5, 0.6) is 0 Å². The van der Waals surface area contributed by atoms with E-state index in [1.165, 1.54) is 18.4 Å². The Morgan fingerprint density at radius 2 is 2.00 bits per heavy atom. The van der Waals surface area contributed by atoms with Gasteiger partial charge in [-0.3, -0.25) is 0 Å². The zero-order valence-corrected chi connectivity index (χ0v) is 13.6. The number of aromatic nitrogens is 2. The molecular formula is C17H21ClN4. The van der Waals surface area contributed by atoms with Crippen LogP contribution in [0.4, 0.5) is 11.6 Å². The van der Waals surface area contributed by atoms with Crippen molar-refractivity contribution in [3.05, 3.63) is 46.7 Å². The van der Waals surface area contributed by atoms with Gasteiger partial charge < -0.3 is 10.2 Å². The number of nitrogens with zero attached hydrogens (tertiary/aromatic N) is 3. The minimum atomic E-state index is 0.784. The Bertz CT molecular complexity index is 638. The monoisotopic (exact) mass is 316 g/mol. The molecule has 2 heterocycles. The summed E-state index contributed by atoms with van der Waals surface area (Å²) in [6, 6.07) is 10.0. The lowest BCUT2D eigenvalue weighted by atomic mass is 10.1. The van der Waals surface area contributed by atoms with Gasteiger partial charge >= 0.3 is 0 Å². The fraction of sp³-hybridized carbons (Fsp3) is 0.412. The van der Waals surface area contributed by atoms with Crippen LogP contribution in [0.1, 0.15) is 24.2 Å². The van der Waals surface area contributed by atoms with Gasteiger partial charge in [0.1, 0.15) is 17.5 Å². The first-order valence-electron chi connectivity index (χ1n) is 7.80. The fourth-order valence-corrected chi connectivity index (χ4v) is 2.99. The average Bonchev–Trinajstić information content (AvgIpc) is 3.01. The molecule has 4 nitrogen and oxygen atoms in total. The Labute approximate surface area is 136 Å². The van der Waals surface area contributed by atoms with Crippen LogP contribution >= 0.6 is 11.6 Å². The molecule has 1 aromatic heterocycles. The second kappa shape index (κ2) is 6.97.